The van der Waals surface area contributed by atoms with E-state index in [0.29, 0.717) is 12.3 Å². The molecule has 2 heterocycles. The van der Waals surface area contributed by atoms with Gasteiger partial charge >= 0.3 is 0 Å². The van der Waals surface area contributed by atoms with Crippen molar-refractivity contribution < 1.29 is 0 Å². The molecule has 0 saturated carbocycles. The Morgan fingerprint density at radius 2 is 1.91 bits per heavy atom. The molecule has 112 valence electrons. The molecule has 0 aliphatic heterocycles. The molecule has 1 aromatic carbocycles. The second-order valence-electron chi connectivity index (χ2n) is 5.62. The van der Waals surface area contributed by atoms with Gasteiger partial charge in [0.1, 0.15) is 6.33 Å². The van der Waals surface area contributed by atoms with E-state index in [-0.39, 0.29) is 5.56 Å². The lowest BCUT2D eigenvalue weighted by atomic mass is 9.96. The molecule has 0 fully saturated rings. The van der Waals surface area contributed by atoms with Crippen molar-refractivity contribution in [1.29, 1.82) is 0 Å². The Hall–Kier alpha value is -2.14. The first-order valence-electron chi connectivity index (χ1n) is 7.43. The van der Waals surface area contributed by atoms with Crippen LogP contribution in [0.3, 0.4) is 0 Å². The standard InChI is InChI=1S/C16H15ClN4O/c17-12-7-5-11(6-8-12)9-20-14-4-2-1-3-13(14)15(22)21-16(20)18-10-19-21/h5-8,10H,1-4,9H2. The normalized spacial score (nSPS) is 14.2. The van der Waals surface area contributed by atoms with Crippen LogP contribution in [-0.4, -0.2) is 19.2 Å². The van der Waals surface area contributed by atoms with Crippen LogP contribution in [0.1, 0.15) is 29.7 Å². The van der Waals surface area contributed by atoms with Crippen LogP contribution in [0.25, 0.3) is 5.78 Å². The van der Waals surface area contributed by atoms with Gasteiger partial charge in [-0.1, -0.05) is 23.7 Å². The van der Waals surface area contributed by atoms with E-state index in [1.807, 2.05) is 24.3 Å². The van der Waals surface area contributed by atoms with Crippen LogP contribution in [0.15, 0.2) is 35.4 Å². The van der Waals surface area contributed by atoms with Gasteiger partial charge < -0.3 is 4.57 Å². The molecular weight excluding hydrogens is 300 g/mol. The van der Waals surface area contributed by atoms with Gasteiger partial charge in [-0.15, -0.1) is 0 Å². The molecule has 0 unspecified atom stereocenters. The van der Waals surface area contributed by atoms with Gasteiger partial charge in [0.2, 0.25) is 5.78 Å². The third-order valence-electron chi connectivity index (χ3n) is 4.24. The first kappa shape index (κ1) is 13.5. The van der Waals surface area contributed by atoms with Gasteiger partial charge in [0, 0.05) is 16.3 Å². The molecule has 0 radical (unpaired) electrons. The molecule has 1 aliphatic carbocycles. The highest BCUT2D eigenvalue weighted by molar-refractivity contribution is 6.30. The predicted octanol–water partition coefficient (Wildman–Crippen LogP) is 2.47. The Labute approximate surface area is 132 Å². The third kappa shape index (κ3) is 2.13. The number of aromatic nitrogens is 4. The van der Waals surface area contributed by atoms with Crippen LogP contribution in [-0.2, 0) is 19.4 Å². The third-order valence-corrected chi connectivity index (χ3v) is 4.49. The minimum absolute atomic E-state index is 0.0189. The second kappa shape index (κ2) is 5.25. The van der Waals surface area contributed by atoms with Gasteiger partial charge in [0.05, 0.1) is 6.54 Å². The molecule has 0 amide bonds. The fraction of sp³-hybridized carbons (Fsp3) is 0.312. The number of nitrogens with zero attached hydrogens (tertiary/aromatic N) is 4. The van der Waals surface area contributed by atoms with Crippen molar-refractivity contribution in [2.45, 2.75) is 32.2 Å². The first-order chi connectivity index (χ1) is 10.7. The summed E-state index contributed by atoms with van der Waals surface area (Å²) < 4.78 is 3.53. The molecular formula is C16H15ClN4O. The smallest absolute Gasteiger partial charge is 0.279 e. The van der Waals surface area contributed by atoms with E-state index in [2.05, 4.69) is 14.6 Å². The van der Waals surface area contributed by atoms with Crippen LogP contribution >= 0.6 is 11.6 Å². The Balaban J connectivity index is 1.92. The van der Waals surface area contributed by atoms with Crippen LogP contribution in [0, 0.1) is 0 Å². The number of hydrogen-bond donors (Lipinski definition) is 0. The number of halogens is 1. The van der Waals surface area contributed by atoms with E-state index < -0.39 is 0 Å². The van der Waals surface area contributed by atoms with E-state index in [0.717, 1.165) is 47.5 Å². The fourth-order valence-electron chi connectivity index (χ4n) is 3.17. The summed E-state index contributed by atoms with van der Waals surface area (Å²) in [6.45, 7) is 0.669. The molecule has 1 aliphatic rings. The number of hydrogen-bond acceptors (Lipinski definition) is 3. The van der Waals surface area contributed by atoms with Gasteiger partial charge in [-0.05, 0) is 43.4 Å². The van der Waals surface area contributed by atoms with Crippen LogP contribution < -0.4 is 5.56 Å². The monoisotopic (exact) mass is 314 g/mol. The predicted molar refractivity (Wildman–Crippen MR) is 84.4 cm³/mol. The van der Waals surface area contributed by atoms with Gasteiger partial charge in [0.25, 0.3) is 5.56 Å². The topological polar surface area (TPSA) is 52.2 Å². The highest BCUT2D eigenvalue weighted by atomic mass is 35.5. The molecule has 22 heavy (non-hydrogen) atoms. The summed E-state index contributed by atoms with van der Waals surface area (Å²) in [6.07, 6.45) is 5.35. The van der Waals surface area contributed by atoms with E-state index in [1.54, 1.807) is 0 Å². The Bertz CT molecular complexity index is 895. The molecule has 0 spiro atoms. The minimum atomic E-state index is -0.0189. The zero-order valence-corrected chi connectivity index (χ0v) is 12.8. The van der Waals surface area contributed by atoms with Gasteiger partial charge in [-0.2, -0.15) is 14.6 Å². The van der Waals surface area contributed by atoms with Crippen LogP contribution in [0.5, 0.6) is 0 Å². The maximum Gasteiger partial charge on any atom is 0.279 e. The maximum atomic E-state index is 12.5. The number of benzene rings is 1. The van der Waals surface area contributed by atoms with E-state index in [9.17, 15) is 4.79 Å². The molecule has 4 rings (SSSR count). The lowest BCUT2D eigenvalue weighted by molar-refractivity contribution is 0.596. The molecule has 6 heteroatoms. The average Bonchev–Trinajstić information content (AvgIpc) is 3.03. The van der Waals surface area contributed by atoms with Crippen molar-refractivity contribution in [1.82, 2.24) is 19.2 Å². The van der Waals surface area contributed by atoms with E-state index >= 15 is 0 Å². The Morgan fingerprint density at radius 3 is 2.73 bits per heavy atom. The maximum absolute atomic E-state index is 12.5. The molecule has 2 aromatic heterocycles. The van der Waals surface area contributed by atoms with Crippen molar-refractivity contribution in [3.8, 4) is 0 Å². The van der Waals surface area contributed by atoms with E-state index in [4.69, 9.17) is 11.6 Å². The zero-order valence-electron chi connectivity index (χ0n) is 12.0. The molecule has 0 bridgehead atoms. The summed E-state index contributed by atoms with van der Waals surface area (Å²) in [4.78, 5) is 16.8. The quantitative estimate of drug-likeness (QED) is 0.730. The fourth-order valence-corrected chi connectivity index (χ4v) is 3.29. The highest BCUT2D eigenvalue weighted by Gasteiger charge is 2.21. The number of rotatable bonds is 2. The lowest BCUT2D eigenvalue weighted by Crippen LogP contribution is -2.29. The highest BCUT2D eigenvalue weighted by Crippen LogP contribution is 2.21. The average molecular weight is 315 g/mol. The Morgan fingerprint density at radius 1 is 1.14 bits per heavy atom. The second-order valence-corrected chi connectivity index (χ2v) is 6.06. The van der Waals surface area contributed by atoms with Crippen molar-refractivity contribution in [2.75, 3.05) is 0 Å². The summed E-state index contributed by atoms with van der Waals surface area (Å²) in [6, 6.07) is 7.77. The largest absolute Gasteiger partial charge is 0.309 e. The van der Waals surface area contributed by atoms with Gasteiger partial charge in [-0.25, -0.2) is 0 Å². The summed E-state index contributed by atoms with van der Waals surface area (Å²) in [7, 11) is 0. The van der Waals surface area contributed by atoms with Gasteiger partial charge in [-0.3, -0.25) is 4.79 Å². The minimum Gasteiger partial charge on any atom is -0.309 e. The van der Waals surface area contributed by atoms with Crippen molar-refractivity contribution in [3.63, 3.8) is 0 Å². The summed E-state index contributed by atoms with van der Waals surface area (Å²) in [5.41, 5.74) is 3.10. The molecule has 3 aromatic rings. The number of fused-ring (bicyclic) bond motifs is 2. The van der Waals surface area contributed by atoms with Crippen molar-refractivity contribution in [2.24, 2.45) is 0 Å². The van der Waals surface area contributed by atoms with E-state index in [1.165, 1.54) is 10.8 Å². The lowest BCUT2D eigenvalue weighted by Gasteiger charge is -2.21. The molecule has 0 atom stereocenters. The first-order valence-corrected chi connectivity index (χ1v) is 7.80. The Kier molecular flexibility index (Phi) is 3.22. The molecule has 5 nitrogen and oxygen atoms in total. The van der Waals surface area contributed by atoms with Crippen molar-refractivity contribution in [3.05, 3.63) is 62.8 Å². The summed E-state index contributed by atoms with van der Waals surface area (Å²) >= 11 is 5.95. The summed E-state index contributed by atoms with van der Waals surface area (Å²) in [5, 5.41) is 4.81. The van der Waals surface area contributed by atoms with Crippen molar-refractivity contribution >= 4 is 17.4 Å². The summed E-state index contributed by atoms with van der Waals surface area (Å²) in [5.74, 6) is 0.612. The van der Waals surface area contributed by atoms with Crippen LogP contribution in [0.4, 0.5) is 0 Å². The molecule has 0 N–H and O–H groups in total. The SMILES string of the molecule is O=c1c2c(n(Cc3ccc(Cl)cc3)c3ncnn13)CCCC2. The molecule has 0 saturated heterocycles. The van der Waals surface area contributed by atoms with Gasteiger partial charge in [0.15, 0.2) is 0 Å². The zero-order chi connectivity index (χ0) is 15.1. The van der Waals surface area contributed by atoms with Crippen LogP contribution in [0.2, 0.25) is 5.02 Å².